The van der Waals surface area contributed by atoms with Gasteiger partial charge in [-0.25, -0.2) is 9.37 Å². The monoisotopic (exact) mass is 465 g/mol. The Morgan fingerprint density at radius 3 is 2.39 bits per heavy atom. The van der Waals surface area contributed by atoms with Gasteiger partial charge in [0.25, 0.3) is 0 Å². The molecule has 1 N–H and O–H groups in total. The summed E-state index contributed by atoms with van der Waals surface area (Å²) in [6.45, 7) is 4.20. The summed E-state index contributed by atoms with van der Waals surface area (Å²) in [7, 11) is 0. The maximum absolute atomic E-state index is 14.3. The van der Waals surface area contributed by atoms with Crippen LogP contribution in [0.5, 0.6) is 0 Å². The zero-order valence-corrected chi connectivity index (χ0v) is 19.6. The highest BCUT2D eigenvalue weighted by atomic mass is 32.1. The highest BCUT2D eigenvalue weighted by Crippen LogP contribution is 2.27. The van der Waals surface area contributed by atoms with Gasteiger partial charge in [-0.15, -0.1) is 11.3 Å². The van der Waals surface area contributed by atoms with Crippen LogP contribution in [0.15, 0.2) is 65.5 Å². The molecule has 0 bridgehead atoms. The second-order valence-corrected chi connectivity index (χ2v) is 9.44. The number of nitrogens with zero attached hydrogens (tertiary/aromatic N) is 2. The van der Waals surface area contributed by atoms with E-state index >= 15 is 0 Å². The second-order valence-electron chi connectivity index (χ2n) is 8.73. The van der Waals surface area contributed by atoms with Gasteiger partial charge >= 0.3 is 0 Å². The minimum absolute atomic E-state index is 0.00242. The fraction of sp³-hybridized carbons (Fsp3) is 0.346. The van der Waals surface area contributed by atoms with Gasteiger partial charge in [-0.05, 0) is 22.6 Å². The molecule has 172 valence electrons. The first-order chi connectivity index (χ1) is 15.9. The van der Waals surface area contributed by atoms with Crippen LogP contribution in [0.2, 0.25) is 0 Å². The van der Waals surface area contributed by atoms with E-state index in [2.05, 4.69) is 36.3 Å². The molecule has 1 fully saturated rings. The molecule has 1 saturated heterocycles. The van der Waals surface area contributed by atoms with Crippen LogP contribution in [-0.2, 0) is 16.0 Å². The molecule has 33 heavy (non-hydrogen) atoms. The molecule has 0 radical (unpaired) electrons. The summed E-state index contributed by atoms with van der Waals surface area (Å²) in [6, 6.07) is 16.6. The zero-order chi connectivity index (χ0) is 23.4. The van der Waals surface area contributed by atoms with Crippen molar-refractivity contribution in [1.82, 2.24) is 15.2 Å². The average molecular weight is 466 g/mol. The molecule has 1 aromatic heterocycles. The zero-order valence-electron chi connectivity index (χ0n) is 18.8. The first-order valence-corrected chi connectivity index (χ1v) is 12.1. The molecule has 7 heteroatoms. The predicted molar refractivity (Wildman–Crippen MR) is 128 cm³/mol. The Balaban J connectivity index is 1.56. The maximum Gasteiger partial charge on any atom is 0.243 e. The van der Waals surface area contributed by atoms with Crippen molar-refractivity contribution < 1.29 is 14.0 Å². The number of halogens is 1. The molecule has 0 saturated carbocycles. The van der Waals surface area contributed by atoms with E-state index in [0.717, 1.165) is 11.1 Å². The van der Waals surface area contributed by atoms with Crippen LogP contribution in [0.3, 0.4) is 0 Å². The van der Waals surface area contributed by atoms with Crippen LogP contribution in [0.4, 0.5) is 4.39 Å². The molecule has 3 atom stereocenters. The van der Waals surface area contributed by atoms with Crippen molar-refractivity contribution in [3.63, 3.8) is 0 Å². The van der Waals surface area contributed by atoms with Gasteiger partial charge in [0.2, 0.25) is 11.8 Å². The summed E-state index contributed by atoms with van der Waals surface area (Å²) in [5.74, 6) is -0.219. The fourth-order valence-corrected chi connectivity index (χ4v) is 4.77. The average Bonchev–Trinajstić information content (AvgIpc) is 3.47. The van der Waals surface area contributed by atoms with Crippen LogP contribution < -0.4 is 5.32 Å². The summed E-state index contributed by atoms with van der Waals surface area (Å²) in [4.78, 5) is 31.7. The minimum Gasteiger partial charge on any atom is -0.343 e. The molecule has 2 aromatic carbocycles. The minimum atomic E-state index is -1.22. The Labute approximate surface area is 197 Å². The molecular formula is C26H28FN3O2S. The third-order valence-corrected chi connectivity index (χ3v) is 6.68. The van der Waals surface area contributed by atoms with Crippen LogP contribution in [-0.4, -0.2) is 40.5 Å². The van der Waals surface area contributed by atoms with Gasteiger partial charge < -0.3 is 10.2 Å². The van der Waals surface area contributed by atoms with Crippen molar-refractivity contribution in [2.24, 2.45) is 0 Å². The summed E-state index contributed by atoms with van der Waals surface area (Å²) in [5, 5.41) is 4.89. The Bertz CT molecular complexity index is 1070. The largest absolute Gasteiger partial charge is 0.343 e. The first kappa shape index (κ1) is 23.1. The lowest BCUT2D eigenvalue weighted by Crippen LogP contribution is -2.47. The second kappa shape index (κ2) is 10.3. The van der Waals surface area contributed by atoms with Crippen molar-refractivity contribution in [2.45, 2.75) is 50.9 Å². The van der Waals surface area contributed by atoms with E-state index in [1.807, 2.05) is 42.5 Å². The first-order valence-electron chi connectivity index (χ1n) is 11.2. The summed E-state index contributed by atoms with van der Waals surface area (Å²) < 4.78 is 14.3. The van der Waals surface area contributed by atoms with Gasteiger partial charge in [0.05, 0.1) is 30.2 Å². The number of hydrogen-bond donors (Lipinski definition) is 1. The van der Waals surface area contributed by atoms with E-state index in [9.17, 15) is 14.0 Å². The number of rotatable bonds is 7. The van der Waals surface area contributed by atoms with Crippen LogP contribution in [0.1, 0.15) is 54.6 Å². The number of hydrogen-bond acceptors (Lipinski definition) is 4. The third kappa shape index (κ3) is 5.47. The Kier molecular flexibility index (Phi) is 7.18. The number of likely N-dealkylation sites (tertiary alicyclic amines) is 1. The third-order valence-electron chi connectivity index (χ3n) is 6.04. The number of benzene rings is 2. The van der Waals surface area contributed by atoms with Crippen molar-refractivity contribution in [2.75, 3.05) is 6.54 Å². The fourth-order valence-electron chi connectivity index (χ4n) is 4.21. The van der Waals surface area contributed by atoms with E-state index in [1.165, 1.54) is 21.8 Å². The van der Waals surface area contributed by atoms with Gasteiger partial charge in [0.15, 0.2) is 0 Å². The van der Waals surface area contributed by atoms with E-state index in [0.29, 0.717) is 11.6 Å². The Hall–Kier alpha value is -3.06. The van der Waals surface area contributed by atoms with Crippen molar-refractivity contribution in [3.8, 4) is 0 Å². The topological polar surface area (TPSA) is 62.3 Å². The van der Waals surface area contributed by atoms with E-state index < -0.39 is 18.3 Å². The van der Waals surface area contributed by atoms with E-state index in [-0.39, 0.29) is 31.2 Å². The van der Waals surface area contributed by atoms with Gasteiger partial charge in [-0.1, -0.05) is 68.4 Å². The number of carbonyl (C=O) groups excluding carboxylic acids is 2. The summed E-state index contributed by atoms with van der Waals surface area (Å²) in [5.41, 5.74) is 5.38. The molecule has 3 unspecified atom stereocenters. The SMILES string of the molecule is CC(C)c1ccc(C(NC(=O)C2CC(F)CN2C(=O)Cc2cscn2)c2ccccc2)cc1. The number of amides is 2. The standard InChI is InChI=1S/C26H28FN3O2S/c1-17(2)18-8-10-20(11-9-18)25(19-6-4-3-5-7-19)29-26(32)23-12-21(27)14-30(23)24(31)13-22-15-33-16-28-22/h3-11,15-17,21,23,25H,12-14H2,1-2H3,(H,29,32). The number of carbonyl (C=O) groups is 2. The number of aromatic nitrogens is 1. The van der Waals surface area contributed by atoms with Crippen LogP contribution in [0, 0.1) is 0 Å². The molecule has 2 heterocycles. The molecule has 4 rings (SSSR count). The quantitative estimate of drug-likeness (QED) is 0.552. The molecule has 0 spiro atoms. The Morgan fingerprint density at radius 2 is 1.76 bits per heavy atom. The van der Waals surface area contributed by atoms with Gasteiger partial charge in [0, 0.05) is 11.8 Å². The smallest absolute Gasteiger partial charge is 0.243 e. The van der Waals surface area contributed by atoms with Crippen molar-refractivity contribution in [3.05, 3.63) is 87.9 Å². The molecular weight excluding hydrogens is 437 g/mol. The van der Waals surface area contributed by atoms with E-state index in [1.54, 1.807) is 10.9 Å². The molecule has 1 aliphatic heterocycles. The van der Waals surface area contributed by atoms with Crippen molar-refractivity contribution in [1.29, 1.82) is 0 Å². The maximum atomic E-state index is 14.3. The van der Waals surface area contributed by atoms with Gasteiger partial charge in [-0.2, -0.15) is 0 Å². The molecule has 1 aliphatic rings. The van der Waals surface area contributed by atoms with Crippen molar-refractivity contribution >= 4 is 23.2 Å². The molecule has 5 nitrogen and oxygen atoms in total. The Morgan fingerprint density at radius 1 is 1.09 bits per heavy atom. The number of alkyl halides is 1. The van der Waals surface area contributed by atoms with E-state index in [4.69, 9.17) is 0 Å². The summed E-state index contributed by atoms with van der Waals surface area (Å²) >= 11 is 1.40. The predicted octanol–water partition coefficient (Wildman–Crippen LogP) is 4.65. The van der Waals surface area contributed by atoms with Crippen LogP contribution in [0.25, 0.3) is 0 Å². The van der Waals surface area contributed by atoms with Crippen LogP contribution >= 0.6 is 11.3 Å². The molecule has 2 amide bonds. The number of thiazole rings is 1. The lowest BCUT2D eigenvalue weighted by molar-refractivity contribution is -0.138. The highest BCUT2D eigenvalue weighted by molar-refractivity contribution is 7.07. The normalized spacial score (nSPS) is 19.0. The lowest BCUT2D eigenvalue weighted by atomic mass is 9.95. The van der Waals surface area contributed by atoms with Gasteiger partial charge in [-0.3, -0.25) is 9.59 Å². The number of nitrogens with one attached hydrogen (secondary N) is 1. The lowest BCUT2D eigenvalue weighted by Gasteiger charge is -2.27. The molecule has 0 aliphatic carbocycles. The van der Waals surface area contributed by atoms with Gasteiger partial charge in [0.1, 0.15) is 12.2 Å². The highest BCUT2D eigenvalue weighted by Gasteiger charge is 2.40. The summed E-state index contributed by atoms with van der Waals surface area (Å²) in [6.07, 6.45) is -1.15. The molecule has 3 aromatic rings.